The lowest BCUT2D eigenvalue weighted by molar-refractivity contribution is -0.114. The SMILES string of the molecule is CC(=O)Nc1cccc(C(=O)Nc2ccnn2Cc2cccc(Cl)c2Cl)c1. The van der Waals surface area contributed by atoms with E-state index in [1.54, 1.807) is 53.3 Å². The molecule has 1 aromatic heterocycles. The van der Waals surface area contributed by atoms with Gasteiger partial charge in [0.2, 0.25) is 5.91 Å². The molecule has 0 atom stereocenters. The van der Waals surface area contributed by atoms with E-state index in [9.17, 15) is 9.59 Å². The summed E-state index contributed by atoms with van der Waals surface area (Å²) in [5.74, 6) is -0.00819. The third-order valence-corrected chi connectivity index (χ3v) is 4.61. The second-order valence-corrected chi connectivity index (χ2v) is 6.59. The van der Waals surface area contributed by atoms with E-state index in [-0.39, 0.29) is 11.8 Å². The van der Waals surface area contributed by atoms with Crippen LogP contribution in [0.25, 0.3) is 0 Å². The molecular weight excluding hydrogens is 387 g/mol. The Morgan fingerprint density at radius 2 is 1.85 bits per heavy atom. The maximum atomic E-state index is 12.6. The van der Waals surface area contributed by atoms with E-state index in [1.165, 1.54) is 6.92 Å². The molecule has 0 aliphatic carbocycles. The Bertz CT molecular complexity index is 1000. The van der Waals surface area contributed by atoms with Crippen LogP contribution in [0.2, 0.25) is 10.0 Å². The van der Waals surface area contributed by atoms with E-state index in [2.05, 4.69) is 15.7 Å². The van der Waals surface area contributed by atoms with Gasteiger partial charge in [-0.1, -0.05) is 41.4 Å². The molecule has 27 heavy (non-hydrogen) atoms. The standard InChI is InChI=1S/C19H16Cl2N4O2/c1-12(26)23-15-6-2-4-13(10-15)19(27)24-17-8-9-22-25(17)11-14-5-3-7-16(20)18(14)21/h2-10H,11H2,1H3,(H,23,26)(H,24,27). The van der Waals surface area contributed by atoms with E-state index >= 15 is 0 Å². The first-order chi connectivity index (χ1) is 12.9. The van der Waals surface area contributed by atoms with Gasteiger partial charge in [0, 0.05) is 24.2 Å². The quantitative estimate of drug-likeness (QED) is 0.661. The normalized spacial score (nSPS) is 10.5. The number of aromatic nitrogens is 2. The van der Waals surface area contributed by atoms with E-state index in [4.69, 9.17) is 23.2 Å². The topological polar surface area (TPSA) is 76.0 Å². The molecule has 2 N–H and O–H groups in total. The Morgan fingerprint density at radius 1 is 1.07 bits per heavy atom. The minimum Gasteiger partial charge on any atom is -0.326 e. The van der Waals surface area contributed by atoms with Crippen molar-refractivity contribution in [2.24, 2.45) is 0 Å². The average molecular weight is 403 g/mol. The van der Waals surface area contributed by atoms with Gasteiger partial charge in [0.25, 0.3) is 5.91 Å². The zero-order chi connectivity index (χ0) is 19.4. The van der Waals surface area contributed by atoms with Crippen LogP contribution in [-0.4, -0.2) is 21.6 Å². The highest BCUT2D eigenvalue weighted by Gasteiger charge is 2.12. The van der Waals surface area contributed by atoms with Crippen LogP contribution in [0.1, 0.15) is 22.8 Å². The number of hydrogen-bond donors (Lipinski definition) is 2. The molecule has 2 amide bonds. The summed E-state index contributed by atoms with van der Waals surface area (Å²) in [7, 11) is 0. The van der Waals surface area contributed by atoms with Gasteiger partial charge in [0.1, 0.15) is 5.82 Å². The number of hydrogen-bond acceptors (Lipinski definition) is 3. The first-order valence-corrected chi connectivity index (χ1v) is 8.83. The molecule has 3 rings (SSSR count). The minimum absolute atomic E-state index is 0.205. The Hall–Kier alpha value is -2.83. The summed E-state index contributed by atoms with van der Waals surface area (Å²) in [6.07, 6.45) is 1.59. The molecule has 0 spiro atoms. The number of nitrogens with zero attached hydrogens (tertiary/aromatic N) is 2. The fourth-order valence-corrected chi connectivity index (χ4v) is 2.91. The lowest BCUT2D eigenvalue weighted by Crippen LogP contribution is -2.16. The largest absolute Gasteiger partial charge is 0.326 e. The minimum atomic E-state index is -0.318. The predicted octanol–water partition coefficient (Wildman–Crippen LogP) is 4.45. The summed E-state index contributed by atoms with van der Waals surface area (Å²) in [5.41, 5.74) is 1.75. The van der Waals surface area contributed by atoms with Crippen LogP contribution >= 0.6 is 23.2 Å². The second kappa shape index (κ2) is 8.24. The second-order valence-electron chi connectivity index (χ2n) is 5.80. The molecule has 138 valence electrons. The number of rotatable bonds is 5. The number of benzene rings is 2. The van der Waals surface area contributed by atoms with Crippen LogP contribution in [0.3, 0.4) is 0 Å². The number of amides is 2. The average Bonchev–Trinajstić information content (AvgIpc) is 3.05. The zero-order valence-corrected chi connectivity index (χ0v) is 15.9. The molecule has 2 aromatic carbocycles. The van der Waals surface area contributed by atoms with E-state index in [0.717, 1.165) is 5.56 Å². The first-order valence-electron chi connectivity index (χ1n) is 8.08. The summed E-state index contributed by atoms with van der Waals surface area (Å²) < 4.78 is 1.62. The molecule has 0 aliphatic heterocycles. The Labute approximate surface area is 166 Å². The summed E-state index contributed by atoms with van der Waals surface area (Å²) in [5, 5.41) is 10.6. The molecule has 0 unspecified atom stereocenters. The van der Waals surface area contributed by atoms with Gasteiger partial charge in [-0.05, 0) is 29.8 Å². The molecule has 8 heteroatoms. The molecule has 6 nitrogen and oxygen atoms in total. The van der Waals surface area contributed by atoms with Gasteiger partial charge < -0.3 is 10.6 Å². The smallest absolute Gasteiger partial charge is 0.256 e. The van der Waals surface area contributed by atoms with Crippen molar-refractivity contribution in [1.29, 1.82) is 0 Å². The molecular formula is C19H16Cl2N4O2. The van der Waals surface area contributed by atoms with Crippen LogP contribution in [0.15, 0.2) is 54.7 Å². The summed E-state index contributed by atoms with van der Waals surface area (Å²) in [6, 6.07) is 13.7. The highest BCUT2D eigenvalue weighted by atomic mass is 35.5. The third-order valence-electron chi connectivity index (χ3n) is 3.75. The maximum absolute atomic E-state index is 12.6. The van der Waals surface area contributed by atoms with Gasteiger partial charge in [-0.25, -0.2) is 4.68 Å². The number of carbonyl (C=O) groups is 2. The van der Waals surface area contributed by atoms with Crippen molar-refractivity contribution in [2.45, 2.75) is 13.5 Å². The first kappa shape index (κ1) is 18.9. The fraction of sp³-hybridized carbons (Fsp3) is 0.105. The summed E-state index contributed by atoms with van der Waals surface area (Å²) in [4.78, 5) is 23.7. The third kappa shape index (κ3) is 4.67. The van der Waals surface area contributed by atoms with E-state index in [1.807, 2.05) is 6.07 Å². The van der Waals surface area contributed by atoms with Crippen LogP contribution in [0.4, 0.5) is 11.5 Å². The van der Waals surface area contributed by atoms with Crippen LogP contribution in [0.5, 0.6) is 0 Å². The van der Waals surface area contributed by atoms with Crippen molar-refractivity contribution < 1.29 is 9.59 Å². The van der Waals surface area contributed by atoms with Crippen molar-refractivity contribution >= 4 is 46.5 Å². The van der Waals surface area contributed by atoms with Crippen molar-refractivity contribution in [3.63, 3.8) is 0 Å². The predicted molar refractivity (Wildman–Crippen MR) is 106 cm³/mol. The molecule has 1 heterocycles. The molecule has 0 aliphatic rings. The lowest BCUT2D eigenvalue weighted by Gasteiger charge is -2.11. The van der Waals surface area contributed by atoms with Crippen molar-refractivity contribution in [1.82, 2.24) is 9.78 Å². The van der Waals surface area contributed by atoms with Crippen LogP contribution < -0.4 is 10.6 Å². The van der Waals surface area contributed by atoms with Crippen molar-refractivity contribution in [3.8, 4) is 0 Å². The number of halogens is 2. The molecule has 0 fully saturated rings. The summed E-state index contributed by atoms with van der Waals surface area (Å²) >= 11 is 12.3. The fourth-order valence-electron chi connectivity index (χ4n) is 2.53. The molecule has 0 radical (unpaired) electrons. The molecule has 0 bridgehead atoms. The number of anilines is 2. The van der Waals surface area contributed by atoms with Gasteiger partial charge >= 0.3 is 0 Å². The Kier molecular flexibility index (Phi) is 5.78. The van der Waals surface area contributed by atoms with Crippen LogP contribution in [-0.2, 0) is 11.3 Å². The molecule has 0 saturated heterocycles. The maximum Gasteiger partial charge on any atom is 0.256 e. The van der Waals surface area contributed by atoms with Crippen molar-refractivity contribution in [3.05, 3.63) is 75.9 Å². The highest BCUT2D eigenvalue weighted by molar-refractivity contribution is 6.42. The van der Waals surface area contributed by atoms with E-state index in [0.29, 0.717) is 33.7 Å². The summed E-state index contributed by atoms with van der Waals surface area (Å²) in [6.45, 7) is 1.76. The highest BCUT2D eigenvalue weighted by Crippen LogP contribution is 2.26. The Balaban J connectivity index is 1.77. The molecule has 3 aromatic rings. The lowest BCUT2D eigenvalue weighted by atomic mass is 10.2. The van der Waals surface area contributed by atoms with E-state index < -0.39 is 0 Å². The van der Waals surface area contributed by atoms with Gasteiger partial charge in [0.05, 0.1) is 22.8 Å². The Morgan fingerprint density at radius 3 is 2.63 bits per heavy atom. The van der Waals surface area contributed by atoms with Gasteiger partial charge in [-0.15, -0.1) is 0 Å². The van der Waals surface area contributed by atoms with Gasteiger partial charge in [-0.3, -0.25) is 9.59 Å². The number of carbonyl (C=O) groups excluding carboxylic acids is 2. The molecule has 0 saturated carbocycles. The van der Waals surface area contributed by atoms with Gasteiger partial charge in [-0.2, -0.15) is 5.10 Å². The zero-order valence-electron chi connectivity index (χ0n) is 14.4. The van der Waals surface area contributed by atoms with Gasteiger partial charge in [0.15, 0.2) is 0 Å². The number of nitrogens with one attached hydrogen (secondary N) is 2. The van der Waals surface area contributed by atoms with Crippen LogP contribution in [0, 0.1) is 0 Å². The van der Waals surface area contributed by atoms with Crippen molar-refractivity contribution in [2.75, 3.05) is 10.6 Å². The monoisotopic (exact) mass is 402 g/mol.